The summed E-state index contributed by atoms with van der Waals surface area (Å²) >= 11 is -2.39. The van der Waals surface area contributed by atoms with Crippen LogP contribution in [0.5, 0.6) is 0 Å². The fourth-order valence-electron chi connectivity index (χ4n) is 8.12. The van der Waals surface area contributed by atoms with Gasteiger partial charge >= 0.3 is 277 Å². The van der Waals surface area contributed by atoms with Crippen molar-refractivity contribution in [2.45, 2.75) is 87.7 Å². The second-order valence-corrected chi connectivity index (χ2v) is 41.5. The minimum atomic E-state index is -2.39. The monoisotopic (exact) mass is 761 g/mol. The first-order chi connectivity index (χ1) is 21.3. The predicted octanol–water partition coefficient (Wildman–Crippen LogP) is 12.0. The van der Waals surface area contributed by atoms with Gasteiger partial charge in [-0.1, -0.05) is 0 Å². The zero-order valence-electron chi connectivity index (χ0n) is 28.1. The second-order valence-electron chi connectivity index (χ2n) is 13.6. The maximum absolute atomic E-state index is 2.72. The Bertz CT molecular complexity index is 1640. The summed E-state index contributed by atoms with van der Waals surface area (Å²) in [6.07, 6.45) is 10.3. The molecule has 225 valence electrons. The molecule has 0 radical (unpaired) electrons. The Kier molecular flexibility index (Phi) is 9.32. The standard InChI is InChI=1S/2C20H21.C2H7Si.Hf/c2*1-4-7-16-12-17-9-6-11-19(20(17)13-16)18-10-5-8-14(2)15(18)3;1-3-2;/h2*5-6,8-13H,4,7H2,1-3H3;3H,1-2H3;. The molecule has 2 heteroatoms. The minimum absolute atomic E-state index is 0.701. The average molecular weight is 760 g/mol. The first-order valence-corrected chi connectivity index (χ1v) is 30.2. The molecule has 0 aliphatic heterocycles. The van der Waals surface area contributed by atoms with Crippen LogP contribution in [0.3, 0.4) is 0 Å². The molecule has 0 saturated carbocycles. The molecule has 4 aromatic rings. The van der Waals surface area contributed by atoms with Crippen molar-refractivity contribution in [1.82, 2.24) is 0 Å². The summed E-state index contributed by atoms with van der Waals surface area (Å²) in [4.78, 5) is 0. The Balaban J connectivity index is 1.53. The van der Waals surface area contributed by atoms with Crippen LogP contribution in [0, 0.1) is 27.7 Å². The summed E-state index contributed by atoms with van der Waals surface area (Å²) in [5, 5.41) is 0. The number of hydrogen-bond donors (Lipinski definition) is 0. The van der Waals surface area contributed by atoms with Gasteiger partial charge in [0.05, 0.1) is 0 Å². The molecule has 44 heavy (non-hydrogen) atoms. The van der Waals surface area contributed by atoms with Crippen LogP contribution in [0.1, 0.15) is 91.4 Å². The van der Waals surface area contributed by atoms with Crippen molar-refractivity contribution in [1.29, 1.82) is 0 Å². The van der Waals surface area contributed by atoms with E-state index < -0.39 is 26.6 Å². The Hall–Kier alpha value is -2.55. The SMILES string of the molecule is CCCC1=Cc2c(-c3cccc(C)c3C)cccc2[CH]1[Hf]([CH]1C(CCC)=Cc2c(-c3cccc(C)c3C)cccc21)[SiH](C)C. The fourth-order valence-corrected chi connectivity index (χ4v) is 40.6. The topological polar surface area (TPSA) is 0 Å². The van der Waals surface area contributed by atoms with Crippen LogP contribution in [0.2, 0.25) is 13.1 Å². The molecule has 0 amide bonds. The van der Waals surface area contributed by atoms with E-state index in [1.54, 1.807) is 22.3 Å². The molecule has 0 N–H and O–H groups in total. The van der Waals surface area contributed by atoms with Gasteiger partial charge in [0.1, 0.15) is 0 Å². The number of benzene rings is 4. The van der Waals surface area contributed by atoms with Crippen LogP contribution >= 0.6 is 0 Å². The third-order valence-electron chi connectivity index (χ3n) is 10.5. The van der Waals surface area contributed by atoms with Crippen molar-refractivity contribution in [2.24, 2.45) is 0 Å². The molecule has 0 heterocycles. The van der Waals surface area contributed by atoms with Crippen LogP contribution in [-0.2, 0) is 20.6 Å². The molecule has 0 bridgehead atoms. The quantitative estimate of drug-likeness (QED) is 0.149. The summed E-state index contributed by atoms with van der Waals surface area (Å²) in [7, 11) is 0. The zero-order valence-corrected chi connectivity index (χ0v) is 32.9. The van der Waals surface area contributed by atoms with E-state index in [2.05, 4.69) is 140 Å². The third-order valence-corrected chi connectivity index (χ3v) is 41.4. The molecular weight excluding hydrogens is 711 g/mol. The van der Waals surface area contributed by atoms with Gasteiger partial charge in [-0.25, -0.2) is 0 Å². The summed E-state index contributed by atoms with van der Waals surface area (Å²) in [5.74, 6) is -0.920. The van der Waals surface area contributed by atoms with Gasteiger partial charge in [-0.05, 0) is 0 Å². The van der Waals surface area contributed by atoms with Crippen LogP contribution in [0.25, 0.3) is 34.4 Å². The van der Waals surface area contributed by atoms with E-state index >= 15 is 0 Å². The molecule has 0 saturated heterocycles. The van der Waals surface area contributed by atoms with E-state index in [0.29, 0.717) is 7.35 Å². The van der Waals surface area contributed by atoms with Crippen molar-refractivity contribution < 1.29 is 20.6 Å². The fraction of sp³-hybridized carbons (Fsp3) is 0.333. The molecule has 6 rings (SSSR count). The molecule has 0 fully saturated rings. The van der Waals surface area contributed by atoms with Gasteiger partial charge in [0.15, 0.2) is 0 Å². The Morgan fingerprint density at radius 1 is 0.545 bits per heavy atom. The van der Waals surface area contributed by atoms with Gasteiger partial charge in [0, 0.05) is 0 Å². The zero-order chi connectivity index (χ0) is 31.1. The maximum atomic E-state index is 2.72. The van der Waals surface area contributed by atoms with E-state index in [0.717, 1.165) is 0 Å². The van der Waals surface area contributed by atoms with Crippen LogP contribution in [-0.4, -0.2) is 5.98 Å². The molecular formula is C42H49HfSi. The Morgan fingerprint density at radius 2 is 0.932 bits per heavy atom. The van der Waals surface area contributed by atoms with E-state index in [4.69, 9.17) is 0 Å². The first kappa shape index (κ1) is 31.4. The molecule has 2 atom stereocenters. The van der Waals surface area contributed by atoms with Gasteiger partial charge in [0.2, 0.25) is 0 Å². The second kappa shape index (κ2) is 13.0. The van der Waals surface area contributed by atoms with Crippen molar-refractivity contribution >= 4 is 18.1 Å². The van der Waals surface area contributed by atoms with Gasteiger partial charge in [0.25, 0.3) is 0 Å². The molecule has 0 nitrogen and oxygen atoms in total. The molecule has 0 spiro atoms. The summed E-state index contributed by atoms with van der Waals surface area (Å²) in [6, 6.07) is 28.3. The molecule has 0 aromatic heterocycles. The first-order valence-electron chi connectivity index (χ1n) is 16.9. The van der Waals surface area contributed by atoms with Crippen molar-refractivity contribution in [3.8, 4) is 22.3 Å². The van der Waals surface area contributed by atoms with Crippen molar-refractivity contribution in [3.05, 3.63) is 128 Å². The van der Waals surface area contributed by atoms with Gasteiger partial charge in [-0.3, -0.25) is 0 Å². The molecule has 2 aliphatic carbocycles. The predicted molar refractivity (Wildman–Crippen MR) is 193 cm³/mol. The van der Waals surface area contributed by atoms with E-state index in [9.17, 15) is 0 Å². The van der Waals surface area contributed by atoms with Crippen LogP contribution in [0.4, 0.5) is 0 Å². The van der Waals surface area contributed by atoms with Crippen molar-refractivity contribution in [2.75, 3.05) is 0 Å². The van der Waals surface area contributed by atoms with Crippen LogP contribution < -0.4 is 0 Å². The molecule has 2 unspecified atom stereocenters. The van der Waals surface area contributed by atoms with E-state index in [1.807, 2.05) is 0 Å². The number of aryl methyl sites for hydroxylation is 2. The summed E-state index contributed by atoms with van der Waals surface area (Å²) < 4.78 is 1.40. The number of fused-ring (bicyclic) bond motifs is 2. The number of rotatable bonds is 9. The third kappa shape index (κ3) is 5.45. The molecule has 4 aromatic carbocycles. The average Bonchev–Trinajstić information content (AvgIpc) is 3.55. The van der Waals surface area contributed by atoms with Gasteiger partial charge in [-0.15, -0.1) is 0 Å². The van der Waals surface area contributed by atoms with E-state index in [-0.39, 0.29) is 0 Å². The van der Waals surface area contributed by atoms with Crippen molar-refractivity contribution in [3.63, 3.8) is 0 Å². The number of hydrogen-bond acceptors (Lipinski definition) is 0. The number of allylic oxidation sites excluding steroid dienone is 2. The van der Waals surface area contributed by atoms with Crippen LogP contribution in [0.15, 0.2) is 83.9 Å². The van der Waals surface area contributed by atoms with E-state index in [1.165, 1.54) is 81.3 Å². The Morgan fingerprint density at radius 3 is 1.32 bits per heavy atom. The van der Waals surface area contributed by atoms with Gasteiger partial charge in [-0.2, -0.15) is 0 Å². The summed E-state index contributed by atoms with van der Waals surface area (Å²) in [5.41, 5.74) is 21.3. The normalized spacial score (nSPS) is 17.0. The summed E-state index contributed by atoms with van der Waals surface area (Å²) in [6.45, 7) is 19.3. The molecule has 2 aliphatic rings. The van der Waals surface area contributed by atoms with Gasteiger partial charge < -0.3 is 0 Å². The Labute approximate surface area is 275 Å².